The Morgan fingerprint density at radius 3 is 2.61 bits per heavy atom. The van der Waals surface area contributed by atoms with Crippen LogP contribution < -0.4 is 5.32 Å². The molecule has 0 radical (unpaired) electrons. The summed E-state index contributed by atoms with van der Waals surface area (Å²) in [5, 5.41) is 22.2. The van der Waals surface area contributed by atoms with Crippen molar-refractivity contribution in [1.82, 2.24) is 20.1 Å². The number of aromatic nitrogens is 3. The maximum Gasteiger partial charge on any atom is 0.234 e. The van der Waals surface area contributed by atoms with Crippen molar-refractivity contribution in [3.63, 3.8) is 0 Å². The quantitative estimate of drug-likeness (QED) is 0.702. The number of nitriles is 1. The van der Waals surface area contributed by atoms with Gasteiger partial charge in [0.1, 0.15) is 5.54 Å². The molecule has 1 N–H and O–H groups in total. The maximum absolute atomic E-state index is 12.7. The summed E-state index contributed by atoms with van der Waals surface area (Å²) in [6, 6.07) is 9.78. The molecule has 0 spiro atoms. The molecule has 1 atom stereocenters. The second kappa shape index (κ2) is 8.97. The van der Waals surface area contributed by atoms with Crippen LogP contribution in [0.15, 0.2) is 29.4 Å². The van der Waals surface area contributed by atoms with Crippen molar-refractivity contribution >= 4 is 29.3 Å². The van der Waals surface area contributed by atoms with Gasteiger partial charge >= 0.3 is 0 Å². The van der Waals surface area contributed by atoms with Crippen LogP contribution in [0.2, 0.25) is 5.02 Å². The topological polar surface area (TPSA) is 83.6 Å². The molecule has 1 fully saturated rings. The van der Waals surface area contributed by atoms with E-state index < -0.39 is 5.54 Å². The molecule has 148 valence electrons. The number of carbonyl (C=O) groups is 1. The van der Waals surface area contributed by atoms with Crippen molar-refractivity contribution in [2.75, 3.05) is 0 Å². The van der Waals surface area contributed by atoms with Crippen molar-refractivity contribution in [2.24, 2.45) is 0 Å². The van der Waals surface area contributed by atoms with Crippen LogP contribution in [0.5, 0.6) is 0 Å². The van der Waals surface area contributed by atoms with Gasteiger partial charge in [0, 0.05) is 17.1 Å². The molecule has 28 heavy (non-hydrogen) atoms. The molecule has 1 aromatic carbocycles. The molecule has 1 saturated carbocycles. The van der Waals surface area contributed by atoms with Crippen molar-refractivity contribution in [3.05, 3.63) is 29.3 Å². The van der Waals surface area contributed by atoms with Crippen molar-refractivity contribution < 1.29 is 4.79 Å². The van der Waals surface area contributed by atoms with Gasteiger partial charge in [0.2, 0.25) is 5.91 Å². The number of hydrogen-bond donors (Lipinski definition) is 1. The predicted molar refractivity (Wildman–Crippen MR) is 111 cm³/mol. The fraction of sp³-hybridized carbons (Fsp3) is 0.500. The van der Waals surface area contributed by atoms with E-state index in [1.54, 1.807) is 0 Å². The first-order chi connectivity index (χ1) is 13.5. The first kappa shape index (κ1) is 20.7. The van der Waals surface area contributed by atoms with Crippen LogP contribution in [0, 0.1) is 11.3 Å². The van der Waals surface area contributed by atoms with Gasteiger partial charge in [-0.3, -0.25) is 4.79 Å². The maximum atomic E-state index is 12.7. The highest BCUT2D eigenvalue weighted by molar-refractivity contribution is 8.00. The first-order valence-corrected chi connectivity index (χ1v) is 10.8. The molecule has 0 saturated heterocycles. The third-order valence-corrected chi connectivity index (χ3v) is 6.40. The average molecular weight is 418 g/mol. The smallest absolute Gasteiger partial charge is 0.234 e. The molecule has 2 aromatic rings. The van der Waals surface area contributed by atoms with Gasteiger partial charge in [-0.15, -0.1) is 10.2 Å². The van der Waals surface area contributed by atoms with E-state index in [4.69, 9.17) is 11.6 Å². The molecule has 0 aliphatic heterocycles. The SMILES string of the molecule is CCn1c(S[C@H](C)C(=O)NC2(C#N)CCCCC2)nnc1-c1ccc(Cl)cc1. The van der Waals surface area contributed by atoms with Crippen molar-refractivity contribution in [3.8, 4) is 17.5 Å². The van der Waals surface area contributed by atoms with Gasteiger partial charge in [0.05, 0.1) is 11.3 Å². The second-order valence-corrected chi connectivity index (χ2v) is 8.81. The molecular formula is C20H24ClN5OS. The monoisotopic (exact) mass is 417 g/mol. The highest BCUT2D eigenvalue weighted by Gasteiger charge is 2.35. The molecule has 1 aromatic heterocycles. The van der Waals surface area contributed by atoms with Gasteiger partial charge < -0.3 is 9.88 Å². The first-order valence-electron chi connectivity index (χ1n) is 9.57. The second-order valence-electron chi connectivity index (χ2n) is 7.06. The van der Waals surface area contributed by atoms with E-state index in [1.165, 1.54) is 11.8 Å². The summed E-state index contributed by atoms with van der Waals surface area (Å²) in [6.07, 6.45) is 4.52. The number of nitrogens with one attached hydrogen (secondary N) is 1. The number of thioether (sulfide) groups is 1. The highest BCUT2D eigenvalue weighted by atomic mass is 35.5. The largest absolute Gasteiger partial charge is 0.337 e. The summed E-state index contributed by atoms with van der Waals surface area (Å²) in [6.45, 7) is 4.54. The Balaban J connectivity index is 1.73. The van der Waals surface area contributed by atoms with Gasteiger partial charge in [0.15, 0.2) is 11.0 Å². The molecule has 1 aliphatic carbocycles. The summed E-state index contributed by atoms with van der Waals surface area (Å²) in [5.41, 5.74) is 0.199. The fourth-order valence-corrected chi connectivity index (χ4v) is 4.48. The number of halogens is 1. The van der Waals surface area contributed by atoms with E-state index in [2.05, 4.69) is 21.6 Å². The summed E-state index contributed by atoms with van der Waals surface area (Å²) in [5.74, 6) is 0.613. The third-order valence-electron chi connectivity index (χ3n) is 5.07. The lowest BCUT2D eigenvalue weighted by atomic mass is 9.83. The Morgan fingerprint density at radius 1 is 1.32 bits per heavy atom. The minimum Gasteiger partial charge on any atom is -0.337 e. The summed E-state index contributed by atoms with van der Waals surface area (Å²) in [4.78, 5) is 12.7. The number of benzene rings is 1. The van der Waals surface area contributed by atoms with Gasteiger partial charge in [-0.05, 0) is 51.0 Å². The minimum absolute atomic E-state index is 0.132. The summed E-state index contributed by atoms with van der Waals surface area (Å²) < 4.78 is 1.98. The lowest BCUT2D eigenvalue weighted by Crippen LogP contribution is -2.51. The van der Waals surface area contributed by atoms with E-state index in [9.17, 15) is 10.1 Å². The Labute approximate surface area is 174 Å². The molecule has 1 aliphatic rings. The van der Waals surface area contributed by atoms with E-state index in [0.29, 0.717) is 16.7 Å². The molecular weight excluding hydrogens is 394 g/mol. The van der Waals surface area contributed by atoms with Crippen LogP contribution in [0.1, 0.15) is 46.0 Å². The standard InChI is InChI=1S/C20H24ClN5OS/c1-3-26-17(15-7-9-16(21)10-8-15)24-25-19(26)28-14(2)18(27)23-20(13-22)11-5-4-6-12-20/h7-10,14H,3-6,11-12H2,1-2H3,(H,23,27)/t14-/m1/s1. The number of hydrogen-bond acceptors (Lipinski definition) is 5. The Kier molecular flexibility index (Phi) is 6.63. The third kappa shape index (κ3) is 4.50. The lowest BCUT2D eigenvalue weighted by Gasteiger charge is -2.32. The van der Waals surface area contributed by atoms with Gasteiger partial charge in [-0.1, -0.05) is 42.6 Å². The van der Waals surface area contributed by atoms with Crippen molar-refractivity contribution in [1.29, 1.82) is 5.26 Å². The van der Waals surface area contributed by atoms with E-state index in [1.807, 2.05) is 42.7 Å². The van der Waals surface area contributed by atoms with Crippen LogP contribution in [0.25, 0.3) is 11.4 Å². The zero-order valence-electron chi connectivity index (χ0n) is 16.1. The van der Waals surface area contributed by atoms with Crippen LogP contribution in [0.4, 0.5) is 0 Å². The number of nitrogens with zero attached hydrogens (tertiary/aromatic N) is 4. The van der Waals surface area contributed by atoms with Gasteiger partial charge in [0.25, 0.3) is 0 Å². The molecule has 0 bridgehead atoms. The number of rotatable bonds is 6. The molecule has 6 nitrogen and oxygen atoms in total. The van der Waals surface area contributed by atoms with E-state index in [-0.39, 0.29) is 11.2 Å². The predicted octanol–water partition coefficient (Wildman–Crippen LogP) is 4.44. The highest BCUT2D eigenvalue weighted by Crippen LogP contribution is 2.30. The number of amides is 1. The van der Waals surface area contributed by atoms with Gasteiger partial charge in [-0.2, -0.15) is 5.26 Å². The van der Waals surface area contributed by atoms with Gasteiger partial charge in [-0.25, -0.2) is 0 Å². The van der Waals surface area contributed by atoms with Crippen LogP contribution in [-0.2, 0) is 11.3 Å². The Morgan fingerprint density at radius 2 is 2.00 bits per heavy atom. The molecule has 0 unspecified atom stereocenters. The number of carbonyl (C=O) groups excluding carboxylic acids is 1. The van der Waals surface area contributed by atoms with E-state index in [0.717, 1.165) is 43.5 Å². The van der Waals surface area contributed by atoms with Crippen LogP contribution in [-0.4, -0.2) is 31.5 Å². The zero-order valence-corrected chi connectivity index (χ0v) is 17.7. The molecule has 3 rings (SSSR count). The lowest BCUT2D eigenvalue weighted by molar-refractivity contribution is -0.121. The normalized spacial score (nSPS) is 16.9. The van der Waals surface area contributed by atoms with Crippen LogP contribution >= 0.6 is 23.4 Å². The summed E-state index contributed by atoms with van der Waals surface area (Å²) >= 11 is 7.33. The molecule has 8 heteroatoms. The Hall–Kier alpha value is -2.04. The van der Waals surface area contributed by atoms with Crippen molar-refractivity contribution in [2.45, 2.75) is 68.4 Å². The van der Waals surface area contributed by atoms with E-state index >= 15 is 0 Å². The average Bonchev–Trinajstić information content (AvgIpc) is 3.11. The van der Waals surface area contributed by atoms with Crippen LogP contribution in [0.3, 0.4) is 0 Å². The molecule has 1 heterocycles. The Bertz CT molecular complexity index is 868. The minimum atomic E-state index is -0.725. The fourth-order valence-electron chi connectivity index (χ4n) is 3.44. The zero-order chi connectivity index (χ0) is 20.1. The summed E-state index contributed by atoms with van der Waals surface area (Å²) in [7, 11) is 0. The molecule has 1 amide bonds.